The van der Waals surface area contributed by atoms with E-state index in [1.165, 1.54) is 37.3 Å². The van der Waals surface area contributed by atoms with E-state index in [4.69, 9.17) is 0 Å². The largest absolute Gasteiger partial charge is 0.300 e. The molecule has 2 amide bonds. The van der Waals surface area contributed by atoms with Gasteiger partial charge in [-0.15, -0.1) is 0 Å². The van der Waals surface area contributed by atoms with Crippen LogP contribution in [0, 0.1) is 0 Å². The Morgan fingerprint density at radius 2 is 1.48 bits per heavy atom. The van der Waals surface area contributed by atoms with E-state index in [2.05, 4.69) is 9.80 Å². The molecule has 3 aliphatic heterocycles. The molecule has 0 radical (unpaired) electrons. The zero-order valence-electron chi connectivity index (χ0n) is 14.8. The van der Waals surface area contributed by atoms with Crippen LogP contribution in [0.5, 0.6) is 0 Å². The number of amides is 2. The highest BCUT2D eigenvalue weighted by Gasteiger charge is 2.43. The molecule has 0 saturated carbocycles. The molecule has 3 saturated heterocycles. The van der Waals surface area contributed by atoms with Crippen molar-refractivity contribution >= 4 is 17.5 Å². The molecule has 4 rings (SSSR count). The molecule has 134 valence electrons. The highest BCUT2D eigenvalue weighted by atomic mass is 16.2. The molecule has 0 aliphatic carbocycles. The number of carbonyl (C=O) groups is 2. The van der Waals surface area contributed by atoms with Crippen LogP contribution in [-0.4, -0.2) is 59.9 Å². The molecule has 0 bridgehead atoms. The molecule has 0 N–H and O–H groups in total. The summed E-state index contributed by atoms with van der Waals surface area (Å²) in [4.78, 5) is 31.5. The Balaban J connectivity index is 1.38. The summed E-state index contributed by atoms with van der Waals surface area (Å²) in [7, 11) is 0. The molecule has 1 aromatic rings. The lowest BCUT2D eigenvalue weighted by molar-refractivity contribution is -0.123. The van der Waals surface area contributed by atoms with Crippen molar-refractivity contribution < 1.29 is 9.59 Å². The maximum atomic E-state index is 12.9. The lowest BCUT2D eigenvalue weighted by Gasteiger charge is -2.41. The number of nitrogens with zero attached hydrogens (tertiary/aromatic N) is 3. The monoisotopic (exact) mass is 341 g/mol. The first kappa shape index (κ1) is 16.7. The predicted octanol–water partition coefficient (Wildman–Crippen LogP) is 2.27. The maximum absolute atomic E-state index is 12.9. The highest BCUT2D eigenvalue weighted by molar-refractivity contribution is 6.22. The number of piperidine rings is 2. The van der Waals surface area contributed by atoms with Crippen molar-refractivity contribution in [3.8, 4) is 0 Å². The standard InChI is InChI=1S/C20H27N3O2/c24-19-15-18(20(25)23(19)17-7-3-1-4-8-17)22-13-9-16(10-14-22)21-11-5-2-6-12-21/h1,3-4,7-8,16,18H,2,5-6,9-15H2/t18-/m0/s1. The van der Waals surface area contributed by atoms with Crippen LogP contribution < -0.4 is 4.90 Å². The second-order valence-electron chi connectivity index (χ2n) is 7.49. The van der Waals surface area contributed by atoms with Gasteiger partial charge in [0.2, 0.25) is 5.91 Å². The summed E-state index contributed by atoms with van der Waals surface area (Å²) in [5.41, 5.74) is 0.697. The molecule has 5 nitrogen and oxygen atoms in total. The Labute approximate surface area is 149 Å². The van der Waals surface area contributed by atoms with Crippen molar-refractivity contribution in [2.75, 3.05) is 31.1 Å². The normalized spacial score (nSPS) is 27.2. The van der Waals surface area contributed by atoms with Crippen molar-refractivity contribution in [3.05, 3.63) is 30.3 Å². The average Bonchev–Trinajstić information content (AvgIpc) is 2.97. The summed E-state index contributed by atoms with van der Waals surface area (Å²) >= 11 is 0. The number of anilines is 1. The van der Waals surface area contributed by atoms with Gasteiger partial charge in [0, 0.05) is 19.1 Å². The van der Waals surface area contributed by atoms with Crippen LogP contribution in [-0.2, 0) is 9.59 Å². The van der Waals surface area contributed by atoms with E-state index >= 15 is 0 Å². The zero-order chi connectivity index (χ0) is 17.2. The van der Waals surface area contributed by atoms with Gasteiger partial charge in [-0.2, -0.15) is 0 Å². The molecular formula is C20H27N3O2. The van der Waals surface area contributed by atoms with Crippen molar-refractivity contribution in [1.29, 1.82) is 0 Å². The van der Waals surface area contributed by atoms with Gasteiger partial charge in [-0.3, -0.25) is 14.5 Å². The van der Waals surface area contributed by atoms with Crippen LogP contribution in [0.2, 0.25) is 0 Å². The lowest BCUT2D eigenvalue weighted by Crippen LogP contribution is -2.51. The average molecular weight is 341 g/mol. The number of benzene rings is 1. The number of likely N-dealkylation sites (tertiary alicyclic amines) is 2. The van der Waals surface area contributed by atoms with Gasteiger partial charge in [-0.25, -0.2) is 4.90 Å². The minimum Gasteiger partial charge on any atom is -0.300 e. The van der Waals surface area contributed by atoms with Gasteiger partial charge in [0.25, 0.3) is 5.91 Å². The summed E-state index contributed by atoms with van der Waals surface area (Å²) in [5, 5.41) is 0. The van der Waals surface area contributed by atoms with Crippen LogP contribution in [0.4, 0.5) is 5.69 Å². The Kier molecular flexibility index (Phi) is 4.86. The van der Waals surface area contributed by atoms with E-state index in [1.54, 1.807) is 0 Å². The van der Waals surface area contributed by atoms with E-state index in [0.717, 1.165) is 25.9 Å². The summed E-state index contributed by atoms with van der Waals surface area (Å²) in [6.07, 6.45) is 6.56. The lowest BCUT2D eigenvalue weighted by atomic mass is 9.98. The van der Waals surface area contributed by atoms with E-state index in [9.17, 15) is 9.59 Å². The molecule has 3 heterocycles. The van der Waals surface area contributed by atoms with Gasteiger partial charge in [0.05, 0.1) is 18.2 Å². The Hall–Kier alpha value is -1.72. The van der Waals surface area contributed by atoms with Gasteiger partial charge in [-0.1, -0.05) is 24.6 Å². The minimum absolute atomic E-state index is 0.0485. The van der Waals surface area contributed by atoms with Gasteiger partial charge in [-0.05, 0) is 50.9 Å². The molecule has 1 atom stereocenters. The molecule has 5 heteroatoms. The molecule has 0 spiro atoms. The SMILES string of the molecule is O=C1C[C@H](N2CCC(N3CCCCC3)CC2)C(=O)N1c1ccccc1. The number of hydrogen-bond acceptors (Lipinski definition) is 4. The molecule has 1 aromatic carbocycles. The summed E-state index contributed by atoms with van der Waals surface area (Å²) in [6, 6.07) is 9.70. The first-order chi connectivity index (χ1) is 12.2. The fraction of sp³-hybridized carbons (Fsp3) is 0.600. The number of hydrogen-bond donors (Lipinski definition) is 0. The molecule has 25 heavy (non-hydrogen) atoms. The van der Waals surface area contributed by atoms with E-state index in [1.807, 2.05) is 30.3 Å². The van der Waals surface area contributed by atoms with Crippen LogP contribution in [0.1, 0.15) is 38.5 Å². The molecular weight excluding hydrogens is 314 g/mol. The second-order valence-corrected chi connectivity index (χ2v) is 7.49. The number of carbonyl (C=O) groups excluding carboxylic acids is 2. The van der Waals surface area contributed by atoms with Crippen molar-refractivity contribution in [1.82, 2.24) is 9.80 Å². The number of rotatable bonds is 3. The summed E-state index contributed by atoms with van der Waals surface area (Å²) < 4.78 is 0. The number of para-hydroxylation sites is 1. The third-order valence-electron chi connectivity index (χ3n) is 5.98. The van der Waals surface area contributed by atoms with Crippen LogP contribution in [0.3, 0.4) is 0 Å². The Bertz CT molecular complexity index is 619. The number of imide groups is 1. The van der Waals surface area contributed by atoms with Crippen LogP contribution in [0.25, 0.3) is 0 Å². The van der Waals surface area contributed by atoms with Gasteiger partial charge >= 0.3 is 0 Å². The molecule has 0 aromatic heterocycles. The van der Waals surface area contributed by atoms with Gasteiger partial charge in [0.1, 0.15) is 0 Å². The maximum Gasteiger partial charge on any atom is 0.251 e. The zero-order valence-corrected chi connectivity index (χ0v) is 14.8. The first-order valence-corrected chi connectivity index (χ1v) is 9.64. The molecule has 0 unspecified atom stereocenters. The fourth-order valence-corrected chi connectivity index (χ4v) is 4.60. The van der Waals surface area contributed by atoms with Gasteiger partial charge in [0.15, 0.2) is 0 Å². The smallest absolute Gasteiger partial charge is 0.251 e. The summed E-state index contributed by atoms with van der Waals surface area (Å²) in [5.74, 6) is -0.119. The van der Waals surface area contributed by atoms with E-state index < -0.39 is 0 Å². The minimum atomic E-state index is -0.269. The van der Waals surface area contributed by atoms with Crippen LogP contribution >= 0.6 is 0 Å². The first-order valence-electron chi connectivity index (χ1n) is 9.64. The van der Waals surface area contributed by atoms with E-state index in [0.29, 0.717) is 18.2 Å². The van der Waals surface area contributed by atoms with Crippen molar-refractivity contribution in [3.63, 3.8) is 0 Å². The topological polar surface area (TPSA) is 43.9 Å². The molecule has 3 aliphatic rings. The second kappa shape index (κ2) is 7.26. The predicted molar refractivity (Wildman–Crippen MR) is 97.4 cm³/mol. The van der Waals surface area contributed by atoms with Gasteiger partial charge < -0.3 is 4.90 Å². The van der Waals surface area contributed by atoms with Crippen molar-refractivity contribution in [2.24, 2.45) is 0 Å². The highest BCUT2D eigenvalue weighted by Crippen LogP contribution is 2.28. The Morgan fingerprint density at radius 3 is 2.16 bits per heavy atom. The fourth-order valence-electron chi connectivity index (χ4n) is 4.60. The van der Waals surface area contributed by atoms with Crippen molar-refractivity contribution in [2.45, 2.75) is 50.6 Å². The van der Waals surface area contributed by atoms with E-state index in [-0.39, 0.29) is 17.9 Å². The third kappa shape index (κ3) is 3.35. The third-order valence-corrected chi connectivity index (χ3v) is 5.98. The summed E-state index contributed by atoms with van der Waals surface area (Å²) in [6.45, 7) is 4.31. The quantitative estimate of drug-likeness (QED) is 0.791. The Morgan fingerprint density at radius 1 is 0.800 bits per heavy atom. The molecule has 3 fully saturated rings. The van der Waals surface area contributed by atoms with Crippen LogP contribution in [0.15, 0.2) is 30.3 Å².